The van der Waals surface area contributed by atoms with Crippen LogP contribution in [-0.2, 0) is 14.6 Å². The fourth-order valence-electron chi connectivity index (χ4n) is 4.56. The Bertz CT molecular complexity index is 1000. The number of hydrogen-bond acceptors (Lipinski definition) is 6. The van der Waals surface area contributed by atoms with Crippen LogP contribution in [0.3, 0.4) is 0 Å². The zero-order valence-electron chi connectivity index (χ0n) is 18.4. The number of hydrogen-bond donors (Lipinski definition) is 1. The highest BCUT2D eigenvalue weighted by Gasteiger charge is 2.34. The van der Waals surface area contributed by atoms with Crippen molar-refractivity contribution in [3.05, 3.63) is 65.7 Å². The molecule has 2 aliphatic rings. The molecule has 4 rings (SSSR count). The summed E-state index contributed by atoms with van der Waals surface area (Å²) >= 11 is 0. The molecule has 1 N–H and O–H groups in total. The number of piperazine rings is 1. The van der Waals surface area contributed by atoms with Crippen LogP contribution in [0.5, 0.6) is 5.75 Å². The molecule has 1 amide bonds. The fraction of sp³-hybridized carbons (Fsp3) is 0.458. The maximum absolute atomic E-state index is 12.9. The van der Waals surface area contributed by atoms with Crippen LogP contribution < -0.4 is 10.1 Å². The fourth-order valence-corrected chi connectivity index (χ4v) is 6.32. The second-order valence-electron chi connectivity index (χ2n) is 8.55. The summed E-state index contributed by atoms with van der Waals surface area (Å²) in [6, 6.07) is 17.6. The van der Waals surface area contributed by atoms with Gasteiger partial charge in [0, 0.05) is 32.2 Å². The SMILES string of the molecule is COc1ccc([C@H](NC(=O)CN2CCN([C@H]3CCS(=O)(=O)C3)CC2)c2ccccc2)cc1. The number of sulfone groups is 1. The lowest BCUT2D eigenvalue weighted by Gasteiger charge is -2.37. The first-order valence-corrected chi connectivity index (χ1v) is 12.9. The Hall–Kier alpha value is -2.42. The van der Waals surface area contributed by atoms with E-state index in [1.54, 1.807) is 7.11 Å². The molecule has 0 unspecified atom stereocenters. The van der Waals surface area contributed by atoms with Crippen molar-refractivity contribution in [1.29, 1.82) is 0 Å². The molecule has 0 spiro atoms. The van der Waals surface area contributed by atoms with E-state index in [-0.39, 0.29) is 23.7 Å². The summed E-state index contributed by atoms with van der Waals surface area (Å²) in [5.41, 5.74) is 2.02. The van der Waals surface area contributed by atoms with Gasteiger partial charge in [0.2, 0.25) is 5.91 Å². The molecule has 0 aliphatic carbocycles. The van der Waals surface area contributed by atoms with Gasteiger partial charge in [-0.25, -0.2) is 8.42 Å². The van der Waals surface area contributed by atoms with E-state index in [4.69, 9.17) is 4.74 Å². The molecular formula is C24H31N3O4S. The van der Waals surface area contributed by atoms with Gasteiger partial charge in [0.05, 0.1) is 31.2 Å². The minimum absolute atomic E-state index is 0.0217. The van der Waals surface area contributed by atoms with Crippen LogP contribution in [0.1, 0.15) is 23.6 Å². The zero-order chi connectivity index (χ0) is 22.6. The maximum atomic E-state index is 12.9. The van der Waals surface area contributed by atoms with Crippen molar-refractivity contribution in [2.75, 3.05) is 51.3 Å². The second kappa shape index (κ2) is 10.0. The average Bonchev–Trinajstić information content (AvgIpc) is 3.18. The number of nitrogens with one attached hydrogen (secondary N) is 1. The van der Waals surface area contributed by atoms with E-state index in [0.717, 1.165) is 49.5 Å². The third-order valence-electron chi connectivity index (χ3n) is 6.39. The highest BCUT2D eigenvalue weighted by Crippen LogP contribution is 2.24. The molecular weight excluding hydrogens is 426 g/mol. The predicted octanol–water partition coefficient (Wildman–Crippen LogP) is 1.71. The lowest BCUT2D eigenvalue weighted by Crippen LogP contribution is -2.52. The molecule has 2 aliphatic heterocycles. The number of carbonyl (C=O) groups is 1. The van der Waals surface area contributed by atoms with Gasteiger partial charge < -0.3 is 10.1 Å². The quantitative estimate of drug-likeness (QED) is 0.682. The summed E-state index contributed by atoms with van der Waals surface area (Å²) in [4.78, 5) is 17.4. The van der Waals surface area contributed by atoms with Crippen LogP contribution in [0.2, 0.25) is 0 Å². The first-order valence-electron chi connectivity index (χ1n) is 11.1. The monoisotopic (exact) mass is 457 g/mol. The largest absolute Gasteiger partial charge is 0.497 e. The number of rotatable bonds is 7. The average molecular weight is 458 g/mol. The van der Waals surface area contributed by atoms with Gasteiger partial charge in [0.25, 0.3) is 0 Å². The predicted molar refractivity (Wildman–Crippen MR) is 124 cm³/mol. The summed E-state index contributed by atoms with van der Waals surface area (Å²) in [7, 11) is -1.24. The molecule has 32 heavy (non-hydrogen) atoms. The van der Waals surface area contributed by atoms with Gasteiger partial charge in [0.1, 0.15) is 5.75 Å². The minimum Gasteiger partial charge on any atom is -0.497 e. The van der Waals surface area contributed by atoms with E-state index in [9.17, 15) is 13.2 Å². The number of ether oxygens (including phenoxy) is 1. The van der Waals surface area contributed by atoms with Crippen LogP contribution in [0, 0.1) is 0 Å². The molecule has 0 saturated carbocycles. The van der Waals surface area contributed by atoms with Crippen LogP contribution in [0.15, 0.2) is 54.6 Å². The van der Waals surface area contributed by atoms with Gasteiger partial charge in [-0.1, -0.05) is 42.5 Å². The number of carbonyl (C=O) groups excluding carboxylic acids is 1. The van der Waals surface area contributed by atoms with Crippen LogP contribution in [0.25, 0.3) is 0 Å². The van der Waals surface area contributed by atoms with Crippen LogP contribution in [0.4, 0.5) is 0 Å². The lowest BCUT2D eigenvalue weighted by atomic mass is 9.98. The zero-order valence-corrected chi connectivity index (χ0v) is 19.3. The normalized spacial score (nSPS) is 22.3. The molecule has 2 saturated heterocycles. The smallest absolute Gasteiger partial charge is 0.234 e. The Kier molecular flexibility index (Phi) is 7.13. The van der Waals surface area contributed by atoms with E-state index in [0.29, 0.717) is 12.3 Å². The van der Waals surface area contributed by atoms with Gasteiger partial charge in [-0.15, -0.1) is 0 Å². The summed E-state index contributed by atoms with van der Waals surface area (Å²) in [6.45, 7) is 3.46. The van der Waals surface area contributed by atoms with Gasteiger partial charge in [0.15, 0.2) is 9.84 Å². The Morgan fingerprint density at radius 2 is 1.69 bits per heavy atom. The van der Waals surface area contributed by atoms with Crippen molar-refractivity contribution >= 4 is 15.7 Å². The van der Waals surface area contributed by atoms with E-state index in [2.05, 4.69) is 15.1 Å². The molecule has 2 heterocycles. The molecule has 172 valence electrons. The number of nitrogens with zero attached hydrogens (tertiary/aromatic N) is 2. The van der Waals surface area contributed by atoms with Crippen molar-refractivity contribution in [2.24, 2.45) is 0 Å². The Labute approximate surface area is 190 Å². The molecule has 0 aromatic heterocycles. The molecule has 2 fully saturated rings. The van der Waals surface area contributed by atoms with Crippen molar-refractivity contribution in [1.82, 2.24) is 15.1 Å². The minimum atomic E-state index is -2.88. The van der Waals surface area contributed by atoms with Gasteiger partial charge in [-0.05, 0) is 29.7 Å². The first-order chi connectivity index (χ1) is 15.4. The summed E-state index contributed by atoms with van der Waals surface area (Å²) in [5.74, 6) is 1.33. The van der Waals surface area contributed by atoms with Crippen molar-refractivity contribution in [2.45, 2.75) is 18.5 Å². The van der Waals surface area contributed by atoms with Crippen molar-refractivity contribution in [3.8, 4) is 5.75 Å². The van der Waals surface area contributed by atoms with Crippen molar-refractivity contribution in [3.63, 3.8) is 0 Å². The highest BCUT2D eigenvalue weighted by molar-refractivity contribution is 7.91. The topological polar surface area (TPSA) is 79.0 Å². The highest BCUT2D eigenvalue weighted by atomic mass is 32.2. The third kappa shape index (κ3) is 5.68. The summed E-state index contributed by atoms with van der Waals surface area (Å²) < 4.78 is 28.8. The van der Waals surface area contributed by atoms with E-state index in [1.165, 1.54) is 0 Å². The molecule has 7 nitrogen and oxygen atoms in total. The Morgan fingerprint density at radius 1 is 1.03 bits per heavy atom. The molecule has 2 aromatic carbocycles. The van der Waals surface area contributed by atoms with Gasteiger partial charge >= 0.3 is 0 Å². The van der Waals surface area contributed by atoms with Crippen LogP contribution in [-0.4, -0.2) is 81.5 Å². The van der Waals surface area contributed by atoms with Crippen molar-refractivity contribution < 1.29 is 17.9 Å². The van der Waals surface area contributed by atoms with Crippen LogP contribution >= 0.6 is 0 Å². The molecule has 2 atom stereocenters. The summed E-state index contributed by atoms with van der Waals surface area (Å²) in [6.07, 6.45) is 0.726. The third-order valence-corrected chi connectivity index (χ3v) is 8.14. The number of methoxy groups -OCH3 is 1. The van der Waals surface area contributed by atoms with Gasteiger partial charge in [-0.2, -0.15) is 0 Å². The Morgan fingerprint density at radius 3 is 2.28 bits per heavy atom. The van der Waals surface area contributed by atoms with E-state index < -0.39 is 9.84 Å². The van der Waals surface area contributed by atoms with E-state index >= 15 is 0 Å². The second-order valence-corrected chi connectivity index (χ2v) is 10.8. The number of benzene rings is 2. The molecule has 0 radical (unpaired) electrons. The summed E-state index contributed by atoms with van der Waals surface area (Å²) in [5, 5.41) is 3.20. The molecule has 8 heteroatoms. The lowest BCUT2D eigenvalue weighted by molar-refractivity contribution is -0.123. The maximum Gasteiger partial charge on any atom is 0.234 e. The standard InChI is InChI=1S/C24H31N3O4S/c1-31-22-9-7-20(8-10-22)24(19-5-3-2-4-6-19)25-23(28)17-26-12-14-27(15-13-26)21-11-16-32(29,30)18-21/h2-10,21,24H,11-18H2,1H3,(H,25,28)/t21-,24+/m0/s1. The van der Waals surface area contributed by atoms with Gasteiger partial charge in [-0.3, -0.25) is 14.6 Å². The molecule has 0 bridgehead atoms. The Balaban J connectivity index is 1.35. The first kappa shape index (κ1) is 22.8. The number of amides is 1. The molecule has 2 aromatic rings. The van der Waals surface area contributed by atoms with E-state index in [1.807, 2.05) is 54.6 Å².